The summed E-state index contributed by atoms with van der Waals surface area (Å²) in [6, 6.07) is 9.92. The van der Waals surface area contributed by atoms with E-state index in [1.54, 1.807) is 7.11 Å². The van der Waals surface area contributed by atoms with Crippen molar-refractivity contribution in [2.24, 2.45) is 0 Å². The summed E-state index contributed by atoms with van der Waals surface area (Å²) in [6.45, 7) is 2.75. The van der Waals surface area contributed by atoms with Crippen LogP contribution in [-0.4, -0.2) is 7.11 Å². The van der Waals surface area contributed by atoms with Gasteiger partial charge in [-0.15, -0.1) is 0 Å². The number of halogens is 1. The number of nitrogens with one attached hydrogen (secondary N) is 1. The van der Waals surface area contributed by atoms with Crippen LogP contribution in [0, 0.1) is 0 Å². The molecular formula is C14H16BrNO2. The molecule has 18 heavy (non-hydrogen) atoms. The van der Waals surface area contributed by atoms with Crippen LogP contribution in [0.4, 0.5) is 5.69 Å². The molecule has 0 aliphatic carbocycles. The Morgan fingerprint density at radius 1 is 1.22 bits per heavy atom. The summed E-state index contributed by atoms with van der Waals surface area (Å²) in [4.78, 5) is 0. The van der Waals surface area contributed by atoms with Gasteiger partial charge in [-0.25, -0.2) is 0 Å². The fourth-order valence-corrected chi connectivity index (χ4v) is 2.07. The van der Waals surface area contributed by atoms with Crippen LogP contribution in [0.2, 0.25) is 0 Å². The predicted octanol–water partition coefficient (Wildman–Crippen LogP) is 4.23. The van der Waals surface area contributed by atoms with Crippen molar-refractivity contribution in [1.82, 2.24) is 0 Å². The van der Waals surface area contributed by atoms with Gasteiger partial charge in [0.2, 0.25) is 0 Å². The Bertz CT molecular complexity index is 522. The van der Waals surface area contributed by atoms with Gasteiger partial charge >= 0.3 is 0 Å². The van der Waals surface area contributed by atoms with E-state index in [0.29, 0.717) is 6.54 Å². The Labute approximate surface area is 115 Å². The number of aryl methyl sites for hydroxylation is 1. The lowest BCUT2D eigenvalue weighted by atomic mass is 10.3. The molecule has 96 valence electrons. The smallest absolute Gasteiger partial charge is 0.135 e. The van der Waals surface area contributed by atoms with Gasteiger partial charge in [0.15, 0.2) is 0 Å². The molecule has 0 atom stereocenters. The summed E-state index contributed by atoms with van der Waals surface area (Å²) in [5, 5.41) is 3.31. The van der Waals surface area contributed by atoms with Gasteiger partial charge in [0, 0.05) is 18.2 Å². The fourth-order valence-electron chi connectivity index (χ4n) is 1.67. The summed E-state index contributed by atoms with van der Waals surface area (Å²) in [5.41, 5.74) is 1.00. The number of anilines is 1. The summed E-state index contributed by atoms with van der Waals surface area (Å²) in [6.07, 6.45) is 0.923. The number of ether oxygens (including phenoxy) is 1. The zero-order chi connectivity index (χ0) is 13.0. The van der Waals surface area contributed by atoms with Crippen LogP contribution in [0.25, 0.3) is 0 Å². The molecule has 0 bridgehead atoms. The van der Waals surface area contributed by atoms with Gasteiger partial charge in [0.25, 0.3) is 0 Å². The van der Waals surface area contributed by atoms with Crippen molar-refractivity contribution >= 4 is 21.6 Å². The van der Waals surface area contributed by atoms with E-state index in [2.05, 4.69) is 28.2 Å². The summed E-state index contributed by atoms with van der Waals surface area (Å²) in [5.74, 6) is 2.77. The molecule has 0 aliphatic rings. The van der Waals surface area contributed by atoms with E-state index in [-0.39, 0.29) is 0 Å². The van der Waals surface area contributed by atoms with Gasteiger partial charge in [-0.05, 0) is 40.2 Å². The third kappa shape index (κ3) is 3.07. The quantitative estimate of drug-likeness (QED) is 0.897. The van der Waals surface area contributed by atoms with Crippen LogP contribution in [0.1, 0.15) is 18.4 Å². The van der Waals surface area contributed by atoms with E-state index in [0.717, 1.165) is 33.9 Å². The Morgan fingerprint density at radius 3 is 2.67 bits per heavy atom. The second kappa shape index (κ2) is 5.96. The van der Waals surface area contributed by atoms with Gasteiger partial charge in [0.1, 0.15) is 17.3 Å². The molecule has 0 aliphatic heterocycles. The minimum atomic E-state index is 0.671. The maximum atomic E-state index is 5.63. The molecule has 2 rings (SSSR count). The highest BCUT2D eigenvalue weighted by Crippen LogP contribution is 2.28. The van der Waals surface area contributed by atoms with Crippen LogP contribution in [0.5, 0.6) is 5.75 Å². The van der Waals surface area contributed by atoms with Crippen molar-refractivity contribution in [2.75, 3.05) is 12.4 Å². The normalized spacial score (nSPS) is 10.4. The maximum absolute atomic E-state index is 5.63. The zero-order valence-corrected chi connectivity index (χ0v) is 12.1. The lowest BCUT2D eigenvalue weighted by Crippen LogP contribution is -1.98. The molecule has 1 heterocycles. The number of rotatable bonds is 5. The van der Waals surface area contributed by atoms with Crippen LogP contribution in [0.3, 0.4) is 0 Å². The number of hydrogen-bond donors (Lipinski definition) is 1. The molecule has 0 fully saturated rings. The molecule has 3 nitrogen and oxygen atoms in total. The molecule has 2 aromatic rings. The Balaban J connectivity index is 2.01. The van der Waals surface area contributed by atoms with Crippen molar-refractivity contribution in [3.05, 3.63) is 46.3 Å². The van der Waals surface area contributed by atoms with Crippen LogP contribution in [-0.2, 0) is 13.0 Å². The predicted molar refractivity (Wildman–Crippen MR) is 76.1 cm³/mol. The highest BCUT2D eigenvalue weighted by molar-refractivity contribution is 9.10. The second-order valence-corrected chi connectivity index (χ2v) is 4.78. The first-order chi connectivity index (χ1) is 8.72. The van der Waals surface area contributed by atoms with Gasteiger partial charge < -0.3 is 14.5 Å². The minimum absolute atomic E-state index is 0.671. The Hall–Kier alpha value is -1.42. The van der Waals surface area contributed by atoms with Crippen molar-refractivity contribution in [1.29, 1.82) is 0 Å². The first-order valence-electron chi connectivity index (χ1n) is 5.88. The van der Waals surface area contributed by atoms with E-state index in [9.17, 15) is 0 Å². The molecular weight excluding hydrogens is 294 g/mol. The molecule has 0 unspecified atom stereocenters. The van der Waals surface area contributed by atoms with Crippen LogP contribution in [0.15, 0.2) is 39.2 Å². The molecule has 0 amide bonds. The fraction of sp³-hybridized carbons (Fsp3) is 0.286. The molecule has 1 N–H and O–H groups in total. The first-order valence-corrected chi connectivity index (χ1v) is 6.67. The van der Waals surface area contributed by atoms with Crippen molar-refractivity contribution in [2.45, 2.75) is 19.9 Å². The Kier molecular flexibility index (Phi) is 4.31. The molecule has 4 heteroatoms. The average molecular weight is 310 g/mol. The van der Waals surface area contributed by atoms with E-state index < -0.39 is 0 Å². The van der Waals surface area contributed by atoms with Crippen molar-refractivity contribution in [3.8, 4) is 5.75 Å². The summed E-state index contributed by atoms with van der Waals surface area (Å²) in [7, 11) is 1.66. The number of benzene rings is 1. The molecule has 1 aromatic carbocycles. The minimum Gasteiger partial charge on any atom is -0.495 e. The van der Waals surface area contributed by atoms with Crippen molar-refractivity contribution in [3.63, 3.8) is 0 Å². The van der Waals surface area contributed by atoms with Crippen LogP contribution >= 0.6 is 15.9 Å². The highest BCUT2D eigenvalue weighted by Gasteiger charge is 2.03. The van der Waals surface area contributed by atoms with Crippen LogP contribution < -0.4 is 10.1 Å². The Morgan fingerprint density at radius 2 is 2.00 bits per heavy atom. The molecule has 0 saturated carbocycles. The van der Waals surface area contributed by atoms with E-state index in [1.165, 1.54) is 0 Å². The average Bonchev–Trinajstić information content (AvgIpc) is 2.86. The van der Waals surface area contributed by atoms with E-state index >= 15 is 0 Å². The summed E-state index contributed by atoms with van der Waals surface area (Å²) < 4.78 is 11.8. The molecule has 0 saturated heterocycles. The lowest BCUT2D eigenvalue weighted by Gasteiger charge is -2.08. The molecule has 0 radical (unpaired) electrons. The van der Waals surface area contributed by atoms with Gasteiger partial charge in [0.05, 0.1) is 18.1 Å². The third-order valence-corrected chi connectivity index (χ3v) is 3.34. The van der Waals surface area contributed by atoms with E-state index in [4.69, 9.17) is 9.15 Å². The van der Waals surface area contributed by atoms with E-state index in [1.807, 2.05) is 30.3 Å². The molecule has 1 aromatic heterocycles. The largest absolute Gasteiger partial charge is 0.495 e. The zero-order valence-electron chi connectivity index (χ0n) is 10.5. The standard InChI is InChI=1S/C14H16BrNO2/c1-3-11-5-6-12(18-11)9-16-10-4-7-13(15)14(8-10)17-2/h4-8,16H,3,9H2,1-2H3. The highest BCUT2D eigenvalue weighted by atomic mass is 79.9. The van der Waals surface area contributed by atoms with Crippen molar-refractivity contribution < 1.29 is 9.15 Å². The lowest BCUT2D eigenvalue weighted by molar-refractivity contribution is 0.412. The third-order valence-electron chi connectivity index (χ3n) is 2.68. The number of hydrogen-bond acceptors (Lipinski definition) is 3. The number of furan rings is 1. The maximum Gasteiger partial charge on any atom is 0.135 e. The monoisotopic (exact) mass is 309 g/mol. The van der Waals surface area contributed by atoms with Gasteiger partial charge in [-0.2, -0.15) is 0 Å². The van der Waals surface area contributed by atoms with Gasteiger partial charge in [-0.1, -0.05) is 6.92 Å². The second-order valence-electron chi connectivity index (χ2n) is 3.92. The first kappa shape index (κ1) is 13.0. The molecule has 0 spiro atoms. The van der Waals surface area contributed by atoms with Gasteiger partial charge in [-0.3, -0.25) is 0 Å². The topological polar surface area (TPSA) is 34.4 Å². The summed E-state index contributed by atoms with van der Waals surface area (Å²) >= 11 is 3.43. The SMILES string of the molecule is CCc1ccc(CNc2ccc(Br)c(OC)c2)o1. The number of methoxy groups -OCH3 is 1.